The molecule has 1 heteroatoms. The predicted octanol–water partition coefficient (Wildman–Crippen LogP) is 2.95. The van der Waals surface area contributed by atoms with E-state index >= 15 is 0 Å². The Balaban J connectivity index is 2.11. The molecule has 0 aromatic rings. The topological polar surface area (TPSA) is 12.0 Å². The van der Waals surface area contributed by atoms with Crippen LogP contribution >= 0.6 is 0 Å². The van der Waals surface area contributed by atoms with E-state index in [4.69, 9.17) is 0 Å². The van der Waals surface area contributed by atoms with Crippen LogP contribution in [-0.2, 0) is 0 Å². The summed E-state index contributed by atoms with van der Waals surface area (Å²) in [7, 11) is 0. The molecule has 1 aliphatic rings. The summed E-state index contributed by atoms with van der Waals surface area (Å²) in [5.41, 5.74) is 0. The SMILES string of the molecule is CCNC(C)CC1CCCCC1. The summed E-state index contributed by atoms with van der Waals surface area (Å²) in [5, 5.41) is 3.49. The molecule has 1 nitrogen and oxygen atoms in total. The standard InChI is InChI=1S/C11H23N/c1-3-12-10(2)9-11-7-5-4-6-8-11/h10-12H,3-9H2,1-2H3. The average molecular weight is 169 g/mol. The van der Waals surface area contributed by atoms with Crippen LogP contribution in [0.25, 0.3) is 0 Å². The molecule has 0 aromatic carbocycles. The molecule has 0 aliphatic heterocycles. The maximum atomic E-state index is 3.49. The van der Waals surface area contributed by atoms with E-state index in [9.17, 15) is 0 Å². The van der Waals surface area contributed by atoms with E-state index in [1.165, 1.54) is 38.5 Å². The zero-order valence-corrected chi connectivity index (χ0v) is 8.60. The number of nitrogens with one attached hydrogen (secondary N) is 1. The first-order valence-corrected chi connectivity index (χ1v) is 5.56. The van der Waals surface area contributed by atoms with Crippen molar-refractivity contribution in [3.05, 3.63) is 0 Å². The van der Waals surface area contributed by atoms with Gasteiger partial charge in [-0.15, -0.1) is 0 Å². The molecule has 1 N–H and O–H groups in total. The van der Waals surface area contributed by atoms with Crippen molar-refractivity contribution in [2.75, 3.05) is 6.54 Å². The van der Waals surface area contributed by atoms with E-state index in [0.717, 1.165) is 18.5 Å². The van der Waals surface area contributed by atoms with Crippen molar-refractivity contribution in [1.29, 1.82) is 0 Å². The largest absolute Gasteiger partial charge is 0.315 e. The Morgan fingerprint density at radius 1 is 1.25 bits per heavy atom. The first-order chi connectivity index (χ1) is 5.83. The molecular formula is C11H23N. The van der Waals surface area contributed by atoms with Gasteiger partial charge in [-0.25, -0.2) is 0 Å². The van der Waals surface area contributed by atoms with Crippen LogP contribution in [0.3, 0.4) is 0 Å². The van der Waals surface area contributed by atoms with Crippen LogP contribution in [0, 0.1) is 5.92 Å². The smallest absolute Gasteiger partial charge is 0.00412 e. The van der Waals surface area contributed by atoms with Gasteiger partial charge in [0, 0.05) is 6.04 Å². The van der Waals surface area contributed by atoms with Crippen molar-refractivity contribution in [1.82, 2.24) is 5.32 Å². The van der Waals surface area contributed by atoms with Crippen LogP contribution < -0.4 is 5.32 Å². The minimum Gasteiger partial charge on any atom is -0.315 e. The van der Waals surface area contributed by atoms with Crippen LogP contribution in [-0.4, -0.2) is 12.6 Å². The molecule has 0 saturated heterocycles. The molecule has 0 aromatic heterocycles. The summed E-state index contributed by atoms with van der Waals surface area (Å²) in [6, 6.07) is 0.734. The van der Waals surface area contributed by atoms with Crippen molar-refractivity contribution < 1.29 is 0 Å². The molecule has 12 heavy (non-hydrogen) atoms. The Morgan fingerprint density at radius 3 is 2.50 bits per heavy atom. The van der Waals surface area contributed by atoms with Crippen LogP contribution in [0.5, 0.6) is 0 Å². The molecule has 1 unspecified atom stereocenters. The predicted molar refractivity (Wildman–Crippen MR) is 54.3 cm³/mol. The highest BCUT2D eigenvalue weighted by Crippen LogP contribution is 2.27. The first-order valence-electron chi connectivity index (χ1n) is 5.56. The fourth-order valence-electron chi connectivity index (χ4n) is 2.35. The lowest BCUT2D eigenvalue weighted by atomic mass is 9.85. The van der Waals surface area contributed by atoms with Crippen molar-refractivity contribution in [2.24, 2.45) is 5.92 Å². The van der Waals surface area contributed by atoms with Gasteiger partial charge in [0.2, 0.25) is 0 Å². The zero-order valence-electron chi connectivity index (χ0n) is 8.60. The lowest BCUT2D eigenvalue weighted by Crippen LogP contribution is -2.28. The molecule has 1 saturated carbocycles. The van der Waals surface area contributed by atoms with Gasteiger partial charge in [0.1, 0.15) is 0 Å². The maximum absolute atomic E-state index is 3.49. The van der Waals surface area contributed by atoms with Gasteiger partial charge in [0.05, 0.1) is 0 Å². The third-order valence-electron chi connectivity index (χ3n) is 2.96. The Morgan fingerprint density at radius 2 is 1.92 bits per heavy atom. The van der Waals surface area contributed by atoms with Gasteiger partial charge in [-0.1, -0.05) is 39.0 Å². The highest BCUT2D eigenvalue weighted by Gasteiger charge is 2.15. The van der Waals surface area contributed by atoms with E-state index < -0.39 is 0 Å². The molecule has 1 fully saturated rings. The molecule has 1 rings (SSSR count). The fraction of sp³-hybridized carbons (Fsp3) is 1.00. The molecular weight excluding hydrogens is 146 g/mol. The summed E-state index contributed by atoms with van der Waals surface area (Å²) < 4.78 is 0. The van der Waals surface area contributed by atoms with E-state index in [1.807, 2.05) is 0 Å². The van der Waals surface area contributed by atoms with Crippen LogP contribution in [0.1, 0.15) is 52.4 Å². The van der Waals surface area contributed by atoms with Gasteiger partial charge in [0.15, 0.2) is 0 Å². The highest BCUT2D eigenvalue weighted by molar-refractivity contribution is 4.71. The van der Waals surface area contributed by atoms with Crippen molar-refractivity contribution >= 4 is 0 Å². The number of rotatable bonds is 4. The molecule has 0 radical (unpaired) electrons. The minimum absolute atomic E-state index is 0.734. The molecule has 72 valence electrons. The summed E-state index contributed by atoms with van der Waals surface area (Å²) >= 11 is 0. The molecule has 0 amide bonds. The minimum atomic E-state index is 0.734. The molecule has 1 aliphatic carbocycles. The number of hydrogen-bond acceptors (Lipinski definition) is 1. The first kappa shape index (κ1) is 10.0. The van der Waals surface area contributed by atoms with E-state index in [2.05, 4.69) is 19.2 Å². The Hall–Kier alpha value is -0.0400. The summed E-state index contributed by atoms with van der Waals surface area (Å²) in [5.74, 6) is 1.02. The second kappa shape index (κ2) is 5.58. The van der Waals surface area contributed by atoms with E-state index in [-0.39, 0.29) is 0 Å². The Bertz CT molecular complexity index is 106. The fourth-order valence-corrected chi connectivity index (χ4v) is 2.35. The summed E-state index contributed by atoms with van der Waals surface area (Å²) in [6.45, 7) is 5.63. The molecule has 1 atom stereocenters. The van der Waals surface area contributed by atoms with Crippen molar-refractivity contribution in [3.63, 3.8) is 0 Å². The van der Waals surface area contributed by atoms with Gasteiger partial charge >= 0.3 is 0 Å². The van der Waals surface area contributed by atoms with Gasteiger partial charge in [-0.05, 0) is 25.8 Å². The lowest BCUT2D eigenvalue weighted by Gasteiger charge is -2.24. The molecule has 0 heterocycles. The summed E-state index contributed by atoms with van der Waals surface area (Å²) in [6.07, 6.45) is 8.79. The quantitative estimate of drug-likeness (QED) is 0.682. The second-order valence-corrected chi connectivity index (χ2v) is 4.20. The highest BCUT2D eigenvalue weighted by atomic mass is 14.9. The van der Waals surface area contributed by atoms with Crippen molar-refractivity contribution in [2.45, 2.75) is 58.4 Å². The lowest BCUT2D eigenvalue weighted by molar-refractivity contribution is 0.307. The average Bonchev–Trinajstić information content (AvgIpc) is 2.06. The number of hydrogen-bond donors (Lipinski definition) is 1. The van der Waals surface area contributed by atoms with Crippen LogP contribution in [0.2, 0.25) is 0 Å². The van der Waals surface area contributed by atoms with Crippen molar-refractivity contribution in [3.8, 4) is 0 Å². The monoisotopic (exact) mass is 169 g/mol. The third-order valence-corrected chi connectivity index (χ3v) is 2.96. The molecule has 0 spiro atoms. The van der Waals surface area contributed by atoms with E-state index in [0.29, 0.717) is 0 Å². The third kappa shape index (κ3) is 3.57. The zero-order chi connectivity index (χ0) is 8.81. The van der Waals surface area contributed by atoms with Gasteiger partial charge < -0.3 is 5.32 Å². The van der Waals surface area contributed by atoms with Gasteiger partial charge in [-0.3, -0.25) is 0 Å². The normalized spacial score (nSPS) is 22.5. The van der Waals surface area contributed by atoms with Crippen LogP contribution in [0.4, 0.5) is 0 Å². The van der Waals surface area contributed by atoms with E-state index in [1.54, 1.807) is 0 Å². The Kier molecular flexibility index (Phi) is 4.67. The maximum Gasteiger partial charge on any atom is 0.00412 e. The summed E-state index contributed by atoms with van der Waals surface area (Å²) in [4.78, 5) is 0. The van der Waals surface area contributed by atoms with Crippen LogP contribution in [0.15, 0.2) is 0 Å². The van der Waals surface area contributed by atoms with Gasteiger partial charge in [-0.2, -0.15) is 0 Å². The Labute approximate surface area is 76.9 Å². The van der Waals surface area contributed by atoms with Gasteiger partial charge in [0.25, 0.3) is 0 Å². The molecule has 0 bridgehead atoms. The second-order valence-electron chi connectivity index (χ2n) is 4.20.